The van der Waals surface area contributed by atoms with Gasteiger partial charge in [0.25, 0.3) is 0 Å². The Morgan fingerprint density at radius 2 is 1.12 bits per heavy atom. The minimum atomic E-state index is 1.01. The highest BCUT2D eigenvalue weighted by molar-refractivity contribution is 5.11. The molecule has 0 unspecified atom stereocenters. The fourth-order valence-electron chi connectivity index (χ4n) is 1.69. The molecule has 0 saturated carbocycles. The van der Waals surface area contributed by atoms with Crippen LogP contribution in [0.2, 0.25) is 0 Å². The fourth-order valence-corrected chi connectivity index (χ4v) is 1.69. The van der Waals surface area contributed by atoms with Gasteiger partial charge in [0.05, 0.1) is 0 Å². The van der Waals surface area contributed by atoms with Crippen LogP contribution in [0.15, 0.2) is 49.1 Å². The molecule has 0 amide bonds. The number of aromatic nitrogens is 2. The molecular weight excluding hydrogens is 210 g/mol. The molecule has 0 spiro atoms. The lowest BCUT2D eigenvalue weighted by Crippen LogP contribution is -2.20. The van der Waals surface area contributed by atoms with Crippen molar-refractivity contribution >= 4 is 0 Å². The van der Waals surface area contributed by atoms with E-state index in [4.69, 9.17) is 0 Å². The van der Waals surface area contributed by atoms with Crippen molar-refractivity contribution < 1.29 is 0 Å². The van der Waals surface area contributed by atoms with Crippen molar-refractivity contribution in [2.45, 2.75) is 12.8 Å². The molecule has 2 aromatic rings. The van der Waals surface area contributed by atoms with Crippen LogP contribution >= 0.6 is 0 Å². The highest BCUT2D eigenvalue weighted by Gasteiger charge is 1.93. The normalized spacial score (nSPS) is 10.4. The highest BCUT2D eigenvalue weighted by atomic mass is 14.8. The Labute approximate surface area is 102 Å². The molecule has 2 aromatic heterocycles. The molecule has 2 rings (SSSR count). The van der Waals surface area contributed by atoms with Gasteiger partial charge >= 0.3 is 0 Å². The van der Waals surface area contributed by atoms with Gasteiger partial charge in [0.1, 0.15) is 0 Å². The zero-order chi connectivity index (χ0) is 11.8. The first-order valence-electron chi connectivity index (χ1n) is 5.94. The van der Waals surface area contributed by atoms with Gasteiger partial charge in [-0.25, -0.2) is 0 Å². The molecule has 3 heteroatoms. The van der Waals surface area contributed by atoms with E-state index in [-0.39, 0.29) is 0 Å². The zero-order valence-electron chi connectivity index (χ0n) is 9.84. The quantitative estimate of drug-likeness (QED) is 0.765. The molecule has 0 aliphatic rings. The molecule has 0 aromatic carbocycles. The number of rotatable bonds is 6. The first-order valence-corrected chi connectivity index (χ1v) is 5.94. The molecule has 0 aliphatic heterocycles. The lowest BCUT2D eigenvalue weighted by molar-refractivity contribution is 0.681. The third-order valence-electron chi connectivity index (χ3n) is 2.68. The average Bonchev–Trinajstić information content (AvgIpc) is 2.41. The first-order chi connectivity index (χ1) is 8.45. The molecule has 0 aliphatic carbocycles. The Morgan fingerprint density at radius 1 is 0.706 bits per heavy atom. The van der Waals surface area contributed by atoms with Crippen LogP contribution in [0.25, 0.3) is 0 Å². The maximum absolute atomic E-state index is 4.00. The summed E-state index contributed by atoms with van der Waals surface area (Å²) in [5.74, 6) is 0. The van der Waals surface area contributed by atoms with E-state index in [0.717, 1.165) is 25.9 Å². The van der Waals surface area contributed by atoms with E-state index in [1.165, 1.54) is 11.1 Å². The summed E-state index contributed by atoms with van der Waals surface area (Å²) in [6.07, 6.45) is 9.47. The van der Waals surface area contributed by atoms with E-state index in [9.17, 15) is 0 Å². The Balaban J connectivity index is 1.61. The standard InChI is InChI=1S/C14H17N3/c1-7-15-8-2-13(1)5-11-17-12-6-14-3-9-16-10-4-14/h1-4,7-10,17H,5-6,11-12H2. The summed E-state index contributed by atoms with van der Waals surface area (Å²) >= 11 is 0. The summed E-state index contributed by atoms with van der Waals surface area (Å²) in [5.41, 5.74) is 2.66. The second-order valence-electron chi connectivity index (χ2n) is 3.96. The first kappa shape index (κ1) is 11.7. The van der Waals surface area contributed by atoms with Crippen LogP contribution < -0.4 is 5.32 Å². The van der Waals surface area contributed by atoms with Crippen LogP contribution in [0.1, 0.15) is 11.1 Å². The maximum Gasteiger partial charge on any atom is 0.0270 e. The van der Waals surface area contributed by atoms with Gasteiger partial charge < -0.3 is 5.32 Å². The number of pyridine rings is 2. The number of nitrogens with zero attached hydrogens (tertiary/aromatic N) is 2. The van der Waals surface area contributed by atoms with Crippen LogP contribution in [-0.2, 0) is 12.8 Å². The van der Waals surface area contributed by atoms with Crippen molar-refractivity contribution in [3.8, 4) is 0 Å². The van der Waals surface area contributed by atoms with Crippen molar-refractivity contribution in [1.82, 2.24) is 15.3 Å². The van der Waals surface area contributed by atoms with Crippen molar-refractivity contribution in [3.63, 3.8) is 0 Å². The summed E-state index contributed by atoms with van der Waals surface area (Å²) in [4.78, 5) is 8.01. The predicted molar refractivity (Wildman–Crippen MR) is 68.8 cm³/mol. The van der Waals surface area contributed by atoms with Gasteiger partial charge in [-0.1, -0.05) is 0 Å². The monoisotopic (exact) mass is 227 g/mol. The molecule has 3 nitrogen and oxygen atoms in total. The van der Waals surface area contributed by atoms with E-state index in [0.29, 0.717) is 0 Å². The zero-order valence-corrected chi connectivity index (χ0v) is 9.84. The SMILES string of the molecule is c1cc(CCNCCc2ccncc2)ccn1. The molecule has 0 saturated heterocycles. The van der Waals surface area contributed by atoms with Gasteiger partial charge in [-0.2, -0.15) is 0 Å². The second kappa shape index (κ2) is 6.76. The van der Waals surface area contributed by atoms with Gasteiger partial charge in [-0.3, -0.25) is 9.97 Å². The topological polar surface area (TPSA) is 37.8 Å². The molecule has 17 heavy (non-hydrogen) atoms. The summed E-state index contributed by atoms with van der Waals surface area (Å²) < 4.78 is 0. The van der Waals surface area contributed by atoms with E-state index < -0.39 is 0 Å². The summed E-state index contributed by atoms with van der Waals surface area (Å²) in [7, 11) is 0. The summed E-state index contributed by atoms with van der Waals surface area (Å²) in [5, 5.41) is 3.44. The van der Waals surface area contributed by atoms with Gasteiger partial charge in [-0.05, 0) is 61.3 Å². The van der Waals surface area contributed by atoms with E-state index in [1.807, 2.05) is 24.8 Å². The van der Waals surface area contributed by atoms with Crippen LogP contribution in [-0.4, -0.2) is 23.1 Å². The Bertz CT molecular complexity index is 372. The molecule has 0 atom stereocenters. The van der Waals surface area contributed by atoms with Gasteiger partial charge in [0, 0.05) is 24.8 Å². The summed E-state index contributed by atoms with van der Waals surface area (Å²) in [6.45, 7) is 2.02. The molecule has 1 N–H and O–H groups in total. The average molecular weight is 227 g/mol. The number of hydrogen-bond acceptors (Lipinski definition) is 3. The van der Waals surface area contributed by atoms with Gasteiger partial charge in [0.2, 0.25) is 0 Å². The molecule has 2 heterocycles. The molecule has 0 radical (unpaired) electrons. The Morgan fingerprint density at radius 3 is 1.53 bits per heavy atom. The van der Waals surface area contributed by atoms with Crippen LogP contribution in [0.3, 0.4) is 0 Å². The number of hydrogen-bond donors (Lipinski definition) is 1. The third kappa shape index (κ3) is 4.33. The third-order valence-corrected chi connectivity index (χ3v) is 2.68. The van der Waals surface area contributed by atoms with Crippen molar-refractivity contribution in [1.29, 1.82) is 0 Å². The van der Waals surface area contributed by atoms with Crippen LogP contribution in [0, 0.1) is 0 Å². The largest absolute Gasteiger partial charge is 0.316 e. The predicted octanol–water partition coefficient (Wildman–Crippen LogP) is 1.85. The van der Waals surface area contributed by atoms with Crippen molar-refractivity contribution in [2.75, 3.05) is 13.1 Å². The van der Waals surface area contributed by atoms with E-state index >= 15 is 0 Å². The number of nitrogens with one attached hydrogen (secondary N) is 1. The Hall–Kier alpha value is -1.74. The molecule has 0 fully saturated rings. The van der Waals surface area contributed by atoms with Crippen LogP contribution in [0.4, 0.5) is 0 Å². The molecule has 0 bridgehead atoms. The van der Waals surface area contributed by atoms with Crippen LogP contribution in [0.5, 0.6) is 0 Å². The minimum Gasteiger partial charge on any atom is -0.316 e. The van der Waals surface area contributed by atoms with Crippen molar-refractivity contribution in [2.24, 2.45) is 0 Å². The van der Waals surface area contributed by atoms with Crippen molar-refractivity contribution in [3.05, 3.63) is 60.2 Å². The lowest BCUT2D eigenvalue weighted by Gasteiger charge is -2.04. The fraction of sp³-hybridized carbons (Fsp3) is 0.286. The highest BCUT2D eigenvalue weighted by Crippen LogP contribution is 1.97. The van der Waals surface area contributed by atoms with Gasteiger partial charge in [-0.15, -0.1) is 0 Å². The molecular formula is C14H17N3. The summed E-state index contributed by atoms with van der Waals surface area (Å²) in [6, 6.07) is 8.24. The Kier molecular flexibility index (Phi) is 4.67. The lowest BCUT2D eigenvalue weighted by atomic mass is 10.2. The molecule has 88 valence electrons. The van der Waals surface area contributed by atoms with E-state index in [2.05, 4.69) is 39.6 Å². The minimum absolute atomic E-state index is 1.01. The van der Waals surface area contributed by atoms with Gasteiger partial charge in [0.15, 0.2) is 0 Å². The maximum atomic E-state index is 4.00. The van der Waals surface area contributed by atoms with E-state index in [1.54, 1.807) is 0 Å². The second-order valence-corrected chi connectivity index (χ2v) is 3.96. The smallest absolute Gasteiger partial charge is 0.0270 e.